The van der Waals surface area contributed by atoms with Gasteiger partial charge in [-0.1, -0.05) is 5.16 Å². The van der Waals surface area contributed by atoms with Gasteiger partial charge in [-0.3, -0.25) is 10.00 Å². The molecule has 0 aliphatic rings. The molecule has 8 nitrogen and oxygen atoms in total. The molecule has 98 valence electrons. The lowest BCUT2D eigenvalue weighted by atomic mass is 10.1. The Morgan fingerprint density at radius 1 is 1.50 bits per heavy atom. The van der Waals surface area contributed by atoms with Crippen LogP contribution in [-0.2, 0) is 6.54 Å². The first kappa shape index (κ1) is 12.7. The summed E-state index contributed by atoms with van der Waals surface area (Å²) in [5.74, 6) is 1.31. The molecule has 0 radical (unpaired) electrons. The molecule has 0 aliphatic carbocycles. The van der Waals surface area contributed by atoms with Gasteiger partial charge in [0.25, 0.3) is 0 Å². The molecule has 0 fully saturated rings. The van der Waals surface area contributed by atoms with Gasteiger partial charge >= 0.3 is 0 Å². The van der Waals surface area contributed by atoms with Crippen LogP contribution in [0.15, 0.2) is 10.9 Å². The van der Waals surface area contributed by atoms with E-state index in [4.69, 9.17) is 4.52 Å². The lowest BCUT2D eigenvalue weighted by Gasteiger charge is -2.23. The van der Waals surface area contributed by atoms with E-state index in [1.807, 2.05) is 11.9 Å². The highest BCUT2D eigenvalue weighted by Crippen LogP contribution is 2.11. The summed E-state index contributed by atoms with van der Waals surface area (Å²) >= 11 is 0. The van der Waals surface area contributed by atoms with Gasteiger partial charge in [0.2, 0.25) is 11.7 Å². The van der Waals surface area contributed by atoms with E-state index in [0.29, 0.717) is 30.6 Å². The minimum atomic E-state index is -0.761. The number of aromatic amines is 1. The first-order valence-electron chi connectivity index (χ1n) is 5.53. The van der Waals surface area contributed by atoms with Gasteiger partial charge in [-0.15, -0.1) is 0 Å². The maximum absolute atomic E-state index is 9.69. The Hall–Kier alpha value is -1.80. The van der Waals surface area contributed by atoms with Crippen LogP contribution in [0.4, 0.5) is 0 Å². The molecule has 2 heterocycles. The van der Waals surface area contributed by atoms with Crippen molar-refractivity contribution < 1.29 is 9.63 Å². The number of likely N-dealkylation sites (N-methyl/N-ethyl adjacent to an activating group) is 1. The van der Waals surface area contributed by atoms with Crippen molar-refractivity contribution in [2.45, 2.75) is 26.0 Å². The SMILES string of the molecule is CN(Cc1nc(-c2ncn[nH]2)no1)CC(C)(C)O. The molecule has 8 heteroatoms. The van der Waals surface area contributed by atoms with Crippen LogP contribution in [0.3, 0.4) is 0 Å². The Balaban J connectivity index is 1.99. The smallest absolute Gasteiger partial charge is 0.241 e. The Morgan fingerprint density at radius 3 is 2.89 bits per heavy atom. The van der Waals surface area contributed by atoms with Crippen molar-refractivity contribution >= 4 is 0 Å². The number of H-pyrrole nitrogens is 1. The van der Waals surface area contributed by atoms with Crippen LogP contribution >= 0.6 is 0 Å². The number of nitrogens with zero attached hydrogens (tertiary/aromatic N) is 5. The number of rotatable bonds is 5. The molecule has 18 heavy (non-hydrogen) atoms. The Labute approximate surface area is 104 Å². The van der Waals surface area contributed by atoms with Crippen LogP contribution in [0.25, 0.3) is 11.6 Å². The maximum atomic E-state index is 9.69. The molecule has 0 bridgehead atoms. The third-order valence-electron chi connectivity index (χ3n) is 2.16. The quantitative estimate of drug-likeness (QED) is 0.775. The van der Waals surface area contributed by atoms with E-state index in [0.717, 1.165) is 0 Å². The molecular weight excluding hydrogens is 236 g/mol. The first-order chi connectivity index (χ1) is 8.44. The molecule has 0 atom stereocenters. The number of aromatic nitrogens is 5. The molecule has 0 unspecified atom stereocenters. The monoisotopic (exact) mass is 252 g/mol. The highest BCUT2D eigenvalue weighted by Gasteiger charge is 2.18. The number of hydrogen-bond acceptors (Lipinski definition) is 7. The van der Waals surface area contributed by atoms with Crippen LogP contribution in [0.1, 0.15) is 19.7 Å². The Morgan fingerprint density at radius 2 is 2.28 bits per heavy atom. The van der Waals surface area contributed by atoms with Gasteiger partial charge in [0.15, 0.2) is 5.82 Å². The van der Waals surface area contributed by atoms with E-state index in [2.05, 4.69) is 25.3 Å². The molecule has 2 aromatic rings. The molecule has 2 aromatic heterocycles. The van der Waals surface area contributed by atoms with Crippen LogP contribution in [-0.4, -0.2) is 54.5 Å². The largest absolute Gasteiger partial charge is 0.389 e. The van der Waals surface area contributed by atoms with Crippen molar-refractivity contribution in [3.8, 4) is 11.6 Å². The number of nitrogens with one attached hydrogen (secondary N) is 1. The highest BCUT2D eigenvalue weighted by molar-refractivity contribution is 5.39. The molecule has 0 saturated carbocycles. The maximum Gasteiger partial charge on any atom is 0.241 e. The van der Waals surface area contributed by atoms with Gasteiger partial charge in [0.1, 0.15) is 6.33 Å². The van der Waals surface area contributed by atoms with Gasteiger partial charge in [0.05, 0.1) is 12.1 Å². The van der Waals surface area contributed by atoms with E-state index in [1.54, 1.807) is 13.8 Å². The summed E-state index contributed by atoms with van der Waals surface area (Å²) < 4.78 is 5.10. The lowest BCUT2D eigenvalue weighted by molar-refractivity contribution is 0.0397. The predicted molar refractivity (Wildman–Crippen MR) is 62.3 cm³/mol. The minimum Gasteiger partial charge on any atom is -0.389 e. The van der Waals surface area contributed by atoms with Crippen LogP contribution in [0.5, 0.6) is 0 Å². The van der Waals surface area contributed by atoms with E-state index < -0.39 is 5.60 Å². The fourth-order valence-electron chi connectivity index (χ4n) is 1.68. The Bertz CT molecular complexity index is 487. The van der Waals surface area contributed by atoms with Gasteiger partial charge in [-0.05, 0) is 20.9 Å². The normalized spacial score (nSPS) is 12.3. The van der Waals surface area contributed by atoms with Crippen molar-refractivity contribution in [3.63, 3.8) is 0 Å². The average Bonchev–Trinajstić information content (AvgIpc) is 2.82. The van der Waals surface area contributed by atoms with Gasteiger partial charge < -0.3 is 9.63 Å². The third kappa shape index (κ3) is 3.34. The first-order valence-corrected chi connectivity index (χ1v) is 5.53. The summed E-state index contributed by atoms with van der Waals surface area (Å²) in [6.45, 7) is 4.46. The Kier molecular flexibility index (Phi) is 3.39. The molecule has 0 amide bonds. The van der Waals surface area contributed by atoms with E-state index in [-0.39, 0.29) is 0 Å². The van der Waals surface area contributed by atoms with Gasteiger partial charge in [0, 0.05) is 6.54 Å². The molecule has 0 aromatic carbocycles. The molecule has 2 rings (SSSR count). The summed E-state index contributed by atoms with van der Waals surface area (Å²) in [6, 6.07) is 0. The van der Waals surface area contributed by atoms with Crippen molar-refractivity contribution in [1.82, 2.24) is 30.2 Å². The summed E-state index contributed by atoms with van der Waals surface area (Å²) in [5.41, 5.74) is -0.761. The van der Waals surface area contributed by atoms with Crippen molar-refractivity contribution in [3.05, 3.63) is 12.2 Å². The van der Waals surface area contributed by atoms with Crippen LogP contribution in [0, 0.1) is 0 Å². The van der Waals surface area contributed by atoms with Crippen molar-refractivity contribution in [2.75, 3.05) is 13.6 Å². The average molecular weight is 252 g/mol. The van der Waals surface area contributed by atoms with E-state index >= 15 is 0 Å². The van der Waals surface area contributed by atoms with Crippen LogP contribution in [0.2, 0.25) is 0 Å². The standard InChI is InChI=1S/C10H16N6O2/c1-10(2,17)5-16(3)4-7-13-9(15-18-7)8-11-6-12-14-8/h6,17H,4-5H2,1-3H3,(H,11,12,14). The molecule has 0 spiro atoms. The third-order valence-corrected chi connectivity index (χ3v) is 2.16. The van der Waals surface area contributed by atoms with E-state index in [1.165, 1.54) is 6.33 Å². The highest BCUT2D eigenvalue weighted by atomic mass is 16.5. The fraction of sp³-hybridized carbons (Fsp3) is 0.600. The van der Waals surface area contributed by atoms with Crippen molar-refractivity contribution in [1.29, 1.82) is 0 Å². The predicted octanol–water partition coefficient (Wildman–Crippen LogP) is 0.0574. The summed E-state index contributed by atoms with van der Waals surface area (Å²) in [4.78, 5) is 10.0. The van der Waals surface area contributed by atoms with Gasteiger partial charge in [-0.2, -0.15) is 10.1 Å². The van der Waals surface area contributed by atoms with Crippen LogP contribution < -0.4 is 0 Å². The minimum absolute atomic E-state index is 0.374. The summed E-state index contributed by atoms with van der Waals surface area (Å²) in [6.07, 6.45) is 1.38. The zero-order chi connectivity index (χ0) is 13.2. The second-order valence-corrected chi connectivity index (χ2v) is 4.83. The van der Waals surface area contributed by atoms with Crippen molar-refractivity contribution in [2.24, 2.45) is 0 Å². The zero-order valence-electron chi connectivity index (χ0n) is 10.6. The molecule has 0 aliphatic heterocycles. The topological polar surface area (TPSA) is 104 Å². The van der Waals surface area contributed by atoms with E-state index in [9.17, 15) is 5.11 Å². The second-order valence-electron chi connectivity index (χ2n) is 4.83. The summed E-state index contributed by atoms with van der Waals surface area (Å²) in [5, 5.41) is 19.9. The lowest BCUT2D eigenvalue weighted by Crippen LogP contribution is -2.35. The second kappa shape index (κ2) is 4.83. The number of hydrogen-bond donors (Lipinski definition) is 2. The number of aliphatic hydroxyl groups is 1. The molecule has 0 saturated heterocycles. The zero-order valence-corrected chi connectivity index (χ0v) is 10.6. The molecular formula is C10H16N6O2. The fourth-order valence-corrected chi connectivity index (χ4v) is 1.68. The van der Waals surface area contributed by atoms with Gasteiger partial charge in [-0.25, -0.2) is 4.98 Å². The molecule has 2 N–H and O–H groups in total. The summed E-state index contributed by atoms with van der Waals surface area (Å²) in [7, 11) is 1.87.